The molecule has 138 valence electrons. The van der Waals surface area contributed by atoms with E-state index in [1.165, 1.54) is 0 Å². The molecule has 0 aliphatic carbocycles. The Morgan fingerprint density at radius 1 is 1.15 bits per heavy atom. The van der Waals surface area contributed by atoms with E-state index in [1.807, 2.05) is 63.7 Å². The number of nitriles is 1. The zero-order valence-electron chi connectivity index (χ0n) is 16.9. The standard InChI is InChI=1S/C17H17N5.2C2H6/c1-11(2)16-15-14(7-18)10-22(17(15)21-12(3)20-16)9-13-5-4-6-19-8-13;2*1-2/h4-6,8,10-11H,9H2,1-3H3;2*1-2H3. The second-order valence-corrected chi connectivity index (χ2v) is 5.65. The van der Waals surface area contributed by atoms with E-state index in [0.717, 1.165) is 28.1 Å². The van der Waals surface area contributed by atoms with Gasteiger partial charge in [-0.3, -0.25) is 4.98 Å². The van der Waals surface area contributed by atoms with E-state index in [9.17, 15) is 5.26 Å². The molecule has 3 aromatic heterocycles. The Bertz CT molecular complexity index is 857. The van der Waals surface area contributed by atoms with Gasteiger partial charge in [-0.1, -0.05) is 47.6 Å². The third kappa shape index (κ3) is 4.66. The summed E-state index contributed by atoms with van der Waals surface area (Å²) in [7, 11) is 0. The van der Waals surface area contributed by atoms with Gasteiger partial charge in [-0.15, -0.1) is 0 Å². The maximum Gasteiger partial charge on any atom is 0.145 e. The van der Waals surface area contributed by atoms with Crippen molar-refractivity contribution in [1.29, 1.82) is 5.26 Å². The third-order valence-electron chi connectivity index (χ3n) is 3.60. The van der Waals surface area contributed by atoms with Crippen LogP contribution in [0.4, 0.5) is 0 Å². The molecule has 0 radical (unpaired) electrons. The summed E-state index contributed by atoms with van der Waals surface area (Å²) in [5, 5.41) is 10.3. The lowest BCUT2D eigenvalue weighted by atomic mass is 10.0. The lowest BCUT2D eigenvalue weighted by molar-refractivity contribution is 0.795. The molecule has 0 aliphatic rings. The van der Waals surface area contributed by atoms with Gasteiger partial charge in [0, 0.05) is 18.6 Å². The van der Waals surface area contributed by atoms with E-state index in [4.69, 9.17) is 0 Å². The van der Waals surface area contributed by atoms with Crippen LogP contribution in [0, 0.1) is 18.3 Å². The molecule has 0 saturated heterocycles. The number of nitrogens with zero attached hydrogens (tertiary/aromatic N) is 5. The molecule has 0 unspecified atom stereocenters. The second kappa shape index (κ2) is 10.3. The molecule has 5 nitrogen and oxygen atoms in total. The smallest absolute Gasteiger partial charge is 0.145 e. The molecule has 0 amide bonds. The Morgan fingerprint density at radius 3 is 2.38 bits per heavy atom. The van der Waals surface area contributed by atoms with E-state index in [1.54, 1.807) is 6.20 Å². The number of aryl methyl sites for hydroxylation is 1. The molecule has 0 bridgehead atoms. The highest BCUT2D eigenvalue weighted by Gasteiger charge is 2.18. The van der Waals surface area contributed by atoms with Crippen molar-refractivity contribution >= 4 is 11.0 Å². The van der Waals surface area contributed by atoms with Gasteiger partial charge in [0.05, 0.1) is 23.2 Å². The minimum absolute atomic E-state index is 0.241. The number of pyridine rings is 1. The summed E-state index contributed by atoms with van der Waals surface area (Å²) in [6.45, 7) is 14.7. The maximum absolute atomic E-state index is 9.46. The maximum atomic E-state index is 9.46. The van der Waals surface area contributed by atoms with Crippen LogP contribution < -0.4 is 0 Å². The van der Waals surface area contributed by atoms with Gasteiger partial charge in [-0.25, -0.2) is 9.97 Å². The van der Waals surface area contributed by atoms with Gasteiger partial charge < -0.3 is 4.57 Å². The summed E-state index contributed by atoms with van der Waals surface area (Å²) < 4.78 is 2.01. The van der Waals surface area contributed by atoms with Gasteiger partial charge >= 0.3 is 0 Å². The summed E-state index contributed by atoms with van der Waals surface area (Å²) in [6, 6.07) is 6.20. The molecule has 0 saturated carbocycles. The molecular weight excluding hydrogens is 322 g/mol. The average Bonchev–Trinajstić information content (AvgIpc) is 3.02. The number of hydrogen-bond acceptors (Lipinski definition) is 4. The average molecular weight is 351 g/mol. The van der Waals surface area contributed by atoms with Crippen molar-refractivity contribution < 1.29 is 0 Å². The van der Waals surface area contributed by atoms with Crippen molar-refractivity contribution in [2.45, 2.75) is 60.9 Å². The Balaban J connectivity index is 0.000000791. The van der Waals surface area contributed by atoms with Crippen LogP contribution in [0.2, 0.25) is 0 Å². The third-order valence-corrected chi connectivity index (χ3v) is 3.60. The molecule has 0 fully saturated rings. The van der Waals surface area contributed by atoms with Crippen molar-refractivity contribution in [1.82, 2.24) is 19.5 Å². The van der Waals surface area contributed by atoms with Gasteiger partial charge in [0.15, 0.2) is 0 Å². The minimum Gasteiger partial charge on any atom is -0.327 e. The van der Waals surface area contributed by atoms with Crippen LogP contribution in [0.25, 0.3) is 11.0 Å². The van der Waals surface area contributed by atoms with E-state index < -0.39 is 0 Å². The van der Waals surface area contributed by atoms with Crippen molar-refractivity contribution in [3.8, 4) is 6.07 Å². The quantitative estimate of drug-likeness (QED) is 0.648. The summed E-state index contributed by atoms with van der Waals surface area (Å²) in [5.41, 5.74) is 3.45. The molecule has 0 N–H and O–H groups in total. The molecule has 5 heteroatoms. The van der Waals surface area contributed by atoms with Crippen molar-refractivity contribution in [3.05, 3.63) is 53.4 Å². The molecule has 26 heavy (non-hydrogen) atoms. The highest BCUT2D eigenvalue weighted by atomic mass is 15.1. The summed E-state index contributed by atoms with van der Waals surface area (Å²) >= 11 is 0. The lowest BCUT2D eigenvalue weighted by Gasteiger charge is -2.09. The molecule has 0 aromatic carbocycles. The van der Waals surface area contributed by atoms with Gasteiger partial charge in [0.25, 0.3) is 0 Å². The van der Waals surface area contributed by atoms with Crippen molar-refractivity contribution in [2.75, 3.05) is 0 Å². The number of aromatic nitrogens is 4. The molecule has 0 atom stereocenters. The van der Waals surface area contributed by atoms with E-state index >= 15 is 0 Å². The first-order valence-corrected chi connectivity index (χ1v) is 9.26. The first kappa shape index (κ1) is 21.3. The van der Waals surface area contributed by atoms with Crippen molar-refractivity contribution in [3.63, 3.8) is 0 Å². The fourth-order valence-corrected chi connectivity index (χ4v) is 2.64. The predicted molar refractivity (Wildman–Crippen MR) is 107 cm³/mol. The van der Waals surface area contributed by atoms with Crippen LogP contribution in [0.15, 0.2) is 30.7 Å². The predicted octanol–water partition coefficient (Wildman–Crippen LogP) is 5.23. The van der Waals surface area contributed by atoms with E-state index in [2.05, 4.69) is 34.9 Å². The fraction of sp³-hybridized carbons (Fsp3) is 0.429. The van der Waals surface area contributed by atoms with E-state index in [-0.39, 0.29) is 5.92 Å². The normalized spacial score (nSPS) is 9.81. The molecular formula is C21H29N5. The second-order valence-electron chi connectivity index (χ2n) is 5.65. The first-order valence-electron chi connectivity index (χ1n) is 9.26. The lowest BCUT2D eigenvalue weighted by Crippen LogP contribution is -2.03. The monoisotopic (exact) mass is 351 g/mol. The largest absolute Gasteiger partial charge is 0.327 e. The Labute approximate surface area is 156 Å². The molecule has 3 heterocycles. The Hall–Kier alpha value is -2.74. The molecule has 0 aliphatic heterocycles. The highest BCUT2D eigenvalue weighted by molar-refractivity contribution is 5.86. The molecule has 3 rings (SSSR count). The topological polar surface area (TPSA) is 67.4 Å². The van der Waals surface area contributed by atoms with Gasteiger partial charge in [0.2, 0.25) is 0 Å². The van der Waals surface area contributed by atoms with Gasteiger partial charge in [-0.2, -0.15) is 5.26 Å². The van der Waals surface area contributed by atoms with Crippen molar-refractivity contribution in [2.24, 2.45) is 0 Å². The zero-order valence-corrected chi connectivity index (χ0v) is 16.9. The zero-order chi connectivity index (χ0) is 19.7. The number of hydrogen-bond donors (Lipinski definition) is 0. The van der Waals surface area contributed by atoms with Gasteiger partial charge in [0.1, 0.15) is 17.5 Å². The summed E-state index contributed by atoms with van der Waals surface area (Å²) in [5.74, 6) is 0.969. The number of rotatable bonds is 3. The number of fused-ring (bicyclic) bond motifs is 1. The molecule has 3 aromatic rings. The fourth-order valence-electron chi connectivity index (χ4n) is 2.64. The summed E-state index contributed by atoms with van der Waals surface area (Å²) in [4.78, 5) is 13.2. The van der Waals surface area contributed by atoms with Crippen LogP contribution >= 0.6 is 0 Å². The Kier molecular flexibility index (Phi) is 8.44. The van der Waals surface area contributed by atoms with Crippen LogP contribution in [0.1, 0.15) is 70.1 Å². The Morgan fingerprint density at radius 2 is 1.85 bits per heavy atom. The van der Waals surface area contributed by atoms with E-state index in [0.29, 0.717) is 12.1 Å². The van der Waals surface area contributed by atoms with Crippen LogP contribution in [-0.2, 0) is 6.54 Å². The SMILES string of the molecule is CC.CC.Cc1nc(C(C)C)c2c(C#N)cn(Cc3cccnc3)c2n1. The molecule has 0 spiro atoms. The van der Waals surface area contributed by atoms with Gasteiger partial charge in [-0.05, 0) is 24.5 Å². The highest BCUT2D eigenvalue weighted by Crippen LogP contribution is 2.27. The summed E-state index contributed by atoms with van der Waals surface area (Å²) in [6.07, 6.45) is 5.44. The first-order chi connectivity index (χ1) is 12.6. The van der Waals surface area contributed by atoms with Crippen LogP contribution in [0.5, 0.6) is 0 Å². The van der Waals surface area contributed by atoms with Crippen LogP contribution in [-0.4, -0.2) is 19.5 Å². The minimum atomic E-state index is 0.241. The van der Waals surface area contributed by atoms with Crippen LogP contribution in [0.3, 0.4) is 0 Å².